The minimum absolute atomic E-state index is 0.198. The number of nitrogens with two attached hydrogens (primary N) is 1. The van der Waals surface area contributed by atoms with Gasteiger partial charge in [0, 0.05) is 38.1 Å². The zero-order chi connectivity index (χ0) is 15.5. The number of piperazine rings is 1. The van der Waals surface area contributed by atoms with E-state index in [1.807, 2.05) is 17.0 Å². The maximum atomic E-state index is 13.8. The van der Waals surface area contributed by atoms with Gasteiger partial charge in [0.2, 0.25) is 0 Å². The zero-order valence-electron chi connectivity index (χ0n) is 12.1. The maximum absolute atomic E-state index is 13.8. The first kappa shape index (κ1) is 14.3. The summed E-state index contributed by atoms with van der Waals surface area (Å²) in [7, 11) is 0. The molecular weight excluding hydrogens is 283 g/mol. The molecule has 3 rings (SSSR count). The van der Waals surface area contributed by atoms with Crippen LogP contribution >= 0.6 is 0 Å². The Morgan fingerprint density at radius 2 is 1.77 bits per heavy atom. The summed E-state index contributed by atoms with van der Waals surface area (Å²) in [5.41, 5.74) is 7.06. The van der Waals surface area contributed by atoms with Crippen LogP contribution in [0.15, 0.2) is 42.6 Å². The van der Waals surface area contributed by atoms with E-state index in [4.69, 9.17) is 5.73 Å². The Kier molecular flexibility index (Phi) is 3.91. The number of para-hydroxylation sites is 1. The minimum atomic E-state index is -0.535. The highest BCUT2D eigenvalue weighted by Crippen LogP contribution is 2.22. The molecule has 1 fully saturated rings. The second-order valence-electron chi connectivity index (χ2n) is 5.19. The number of anilines is 2. The Labute approximate surface area is 128 Å². The Balaban J connectivity index is 1.71. The summed E-state index contributed by atoms with van der Waals surface area (Å²) in [6, 6.07) is 10.4. The summed E-state index contributed by atoms with van der Waals surface area (Å²) < 4.78 is 13.8. The first-order chi connectivity index (χ1) is 10.6. The fourth-order valence-electron chi connectivity index (χ4n) is 2.66. The molecule has 1 aliphatic rings. The fraction of sp³-hybridized carbons (Fsp3) is 0.250. The molecule has 22 heavy (non-hydrogen) atoms. The third kappa shape index (κ3) is 2.86. The number of amides is 1. The van der Waals surface area contributed by atoms with Gasteiger partial charge in [0.1, 0.15) is 11.5 Å². The molecule has 5 nitrogen and oxygen atoms in total. The lowest BCUT2D eigenvalue weighted by molar-refractivity contribution is 0.0995. The summed E-state index contributed by atoms with van der Waals surface area (Å²) in [5.74, 6) is -0.734. The molecule has 0 saturated carbocycles. The number of hydrogen-bond acceptors (Lipinski definition) is 4. The maximum Gasteiger partial charge on any atom is 0.267 e. The largest absolute Gasteiger partial charge is 0.368 e. The van der Waals surface area contributed by atoms with E-state index in [0.29, 0.717) is 5.69 Å². The number of halogens is 1. The highest BCUT2D eigenvalue weighted by atomic mass is 19.1. The van der Waals surface area contributed by atoms with Gasteiger partial charge in [0.15, 0.2) is 0 Å². The van der Waals surface area contributed by atoms with Crippen LogP contribution in [0.1, 0.15) is 10.5 Å². The first-order valence-corrected chi connectivity index (χ1v) is 7.15. The van der Waals surface area contributed by atoms with Crippen molar-refractivity contribution in [3.63, 3.8) is 0 Å². The van der Waals surface area contributed by atoms with Gasteiger partial charge < -0.3 is 15.5 Å². The number of primary amides is 1. The molecule has 1 aliphatic heterocycles. The number of carbonyl (C=O) groups excluding carboxylic acids is 1. The molecule has 1 saturated heterocycles. The predicted octanol–water partition coefficient (Wildman–Crippen LogP) is 1.65. The number of aromatic nitrogens is 1. The summed E-state index contributed by atoms with van der Waals surface area (Å²) in [5, 5.41) is 0. The van der Waals surface area contributed by atoms with E-state index in [-0.39, 0.29) is 11.5 Å². The van der Waals surface area contributed by atoms with E-state index >= 15 is 0 Å². The number of benzene rings is 1. The standard InChI is InChI=1S/C16H17FN4O/c17-13-3-1-2-4-15(13)21-9-7-20(8-10-21)12-5-6-19-14(11-12)16(18)22/h1-6,11H,7-10H2,(H2,18,22). The van der Waals surface area contributed by atoms with E-state index in [0.717, 1.165) is 31.9 Å². The van der Waals surface area contributed by atoms with Crippen LogP contribution in [0.5, 0.6) is 0 Å². The molecule has 0 unspecified atom stereocenters. The molecule has 0 bridgehead atoms. The van der Waals surface area contributed by atoms with Crippen molar-refractivity contribution in [1.82, 2.24) is 4.98 Å². The summed E-state index contributed by atoms with van der Waals surface area (Å²) in [6.07, 6.45) is 1.58. The first-order valence-electron chi connectivity index (χ1n) is 7.15. The molecule has 114 valence electrons. The SMILES string of the molecule is NC(=O)c1cc(N2CCN(c3ccccc3F)CC2)ccn1. The Morgan fingerprint density at radius 1 is 1.09 bits per heavy atom. The van der Waals surface area contributed by atoms with Gasteiger partial charge in [-0.3, -0.25) is 9.78 Å². The second-order valence-corrected chi connectivity index (χ2v) is 5.19. The van der Waals surface area contributed by atoms with Crippen molar-refractivity contribution in [3.05, 3.63) is 54.1 Å². The molecule has 6 heteroatoms. The third-order valence-electron chi connectivity index (χ3n) is 3.83. The van der Waals surface area contributed by atoms with Crippen molar-refractivity contribution in [2.75, 3.05) is 36.0 Å². The van der Waals surface area contributed by atoms with Crippen molar-refractivity contribution in [3.8, 4) is 0 Å². The highest BCUT2D eigenvalue weighted by Gasteiger charge is 2.20. The second kappa shape index (κ2) is 6.01. The normalized spacial score (nSPS) is 15.0. The lowest BCUT2D eigenvalue weighted by Crippen LogP contribution is -2.46. The molecule has 2 heterocycles. The average Bonchev–Trinajstić information content (AvgIpc) is 2.56. The van der Waals surface area contributed by atoms with Gasteiger partial charge in [-0.15, -0.1) is 0 Å². The van der Waals surface area contributed by atoms with Crippen molar-refractivity contribution < 1.29 is 9.18 Å². The minimum Gasteiger partial charge on any atom is -0.368 e. The van der Waals surface area contributed by atoms with E-state index in [1.54, 1.807) is 24.4 Å². The van der Waals surface area contributed by atoms with Gasteiger partial charge in [-0.2, -0.15) is 0 Å². The van der Waals surface area contributed by atoms with E-state index in [1.165, 1.54) is 6.07 Å². The molecule has 0 spiro atoms. The molecule has 1 aromatic carbocycles. The molecule has 0 aliphatic carbocycles. The van der Waals surface area contributed by atoms with Crippen LogP contribution in [-0.2, 0) is 0 Å². The molecule has 2 aromatic rings. The molecular formula is C16H17FN4O. The van der Waals surface area contributed by atoms with Crippen molar-refractivity contribution >= 4 is 17.3 Å². The van der Waals surface area contributed by atoms with Gasteiger partial charge in [-0.25, -0.2) is 4.39 Å². The molecule has 2 N–H and O–H groups in total. The average molecular weight is 300 g/mol. The van der Waals surface area contributed by atoms with Crippen LogP contribution in [0.4, 0.5) is 15.8 Å². The van der Waals surface area contributed by atoms with Crippen molar-refractivity contribution in [1.29, 1.82) is 0 Å². The monoisotopic (exact) mass is 300 g/mol. The number of carbonyl (C=O) groups is 1. The molecule has 0 radical (unpaired) electrons. The quantitative estimate of drug-likeness (QED) is 0.936. The summed E-state index contributed by atoms with van der Waals surface area (Å²) >= 11 is 0. The van der Waals surface area contributed by atoms with Crippen LogP contribution in [0, 0.1) is 5.82 Å². The van der Waals surface area contributed by atoms with Crippen LogP contribution in [0.25, 0.3) is 0 Å². The van der Waals surface area contributed by atoms with Gasteiger partial charge in [0.05, 0.1) is 5.69 Å². The van der Waals surface area contributed by atoms with E-state index < -0.39 is 5.91 Å². The van der Waals surface area contributed by atoms with Crippen LogP contribution < -0.4 is 15.5 Å². The van der Waals surface area contributed by atoms with Gasteiger partial charge in [-0.05, 0) is 24.3 Å². The molecule has 1 amide bonds. The van der Waals surface area contributed by atoms with E-state index in [2.05, 4.69) is 9.88 Å². The smallest absolute Gasteiger partial charge is 0.267 e. The van der Waals surface area contributed by atoms with Gasteiger partial charge >= 0.3 is 0 Å². The lowest BCUT2D eigenvalue weighted by atomic mass is 10.2. The fourth-order valence-corrected chi connectivity index (χ4v) is 2.66. The van der Waals surface area contributed by atoms with Gasteiger partial charge in [0.25, 0.3) is 5.91 Å². The van der Waals surface area contributed by atoms with Crippen LogP contribution in [0.2, 0.25) is 0 Å². The third-order valence-corrected chi connectivity index (χ3v) is 3.83. The summed E-state index contributed by atoms with van der Waals surface area (Å²) in [6.45, 7) is 2.93. The number of pyridine rings is 1. The summed E-state index contributed by atoms with van der Waals surface area (Å²) in [4.78, 5) is 19.3. The predicted molar refractivity (Wildman–Crippen MR) is 83.6 cm³/mol. The van der Waals surface area contributed by atoms with Gasteiger partial charge in [-0.1, -0.05) is 12.1 Å². The number of rotatable bonds is 3. The van der Waals surface area contributed by atoms with Crippen LogP contribution in [-0.4, -0.2) is 37.1 Å². The highest BCUT2D eigenvalue weighted by molar-refractivity contribution is 5.91. The topological polar surface area (TPSA) is 62.5 Å². The van der Waals surface area contributed by atoms with E-state index in [9.17, 15) is 9.18 Å². The lowest BCUT2D eigenvalue weighted by Gasteiger charge is -2.37. The Hall–Kier alpha value is -2.63. The molecule has 0 atom stereocenters. The van der Waals surface area contributed by atoms with Crippen molar-refractivity contribution in [2.45, 2.75) is 0 Å². The number of nitrogens with zero attached hydrogens (tertiary/aromatic N) is 3. The Bertz CT molecular complexity index is 683. The van der Waals surface area contributed by atoms with Crippen molar-refractivity contribution in [2.24, 2.45) is 5.73 Å². The zero-order valence-corrected chi connectivity index (χ0v) is 12.1. The van der Waals surface area contributed by atoms with Crippen LogP contribution in [0.3, 0.4) is 0 Å². The Morgan fingerprint density at radius 3 is 2.45 bits per heavy atom. The number of hydrogen-bond donors (Lipinski definition) is 1. The molecule has 1 aromatic heterocycles.